The Kier molecular flexibility index (Phi) is 2.44. The van der Waals surface area contributed by atoms with Gasteiger partial charge in [0.05, 0.1) is 17.7 Å². The molecular weight excluding hydrogens is 206 g/mol. The van der Waals surface area contributed by atoms with Gasteiger partial charge in [-0.15, -0.1) is 0 Å². The van der Waals surface area contributed by atoms with Crippen LogP contribution >= 0.6 is 0 Å². The van der Waals surface area contributed by atoms with Crippen molar-refractivity contribution in [3.05, 3.63) is 41.7 Å². The summed E-state index contributed by atoms with van der Waals surface area (Å²) in [5.74, 6) is -0.978. The molecule has 0 aliphatic carbocycles. The molecular formula is C11H11N3O2. The molecule has 0 aliphatic heterocycles. The van der Waals surface area contributed by atoms with Crippen LogP contribution < -0.4 is 0 Å². The topological polar surface area (TPSA) is 68.0 Å². The molecule has 2 aromatic heterocycles. The third-order valence-electron chi connectivity index (χ3n) is 2.30. The van der Waals surface area contributed by atoms with Crippen molar-refractivity contribution in [2.24, 2.45) is 0 Å². The van der Waals surface area contributed by atoms with E-state index in [9.17, 15) is 4.79 Å². The van der Waals surface area contributed by atoms with Crippen molar-refractivity contribution in [2.45, 2.75) is 13.8 Å². The molecule has 0 aliphatic rings. The Morgan fingerprint density at radius 1 is 1.44 bits per heavy atom. The van der Waals surface area contributed by atoms with Gasteiger partial charge < -0.3 is 9.67 Å². The molecule has 2 heterocycles. The molecule has 0 saturated carbocycles. The monoisotopic (exact) mass is 217 g/mol. The highest BCUT2D eigenvalue weighted by Gasteiger charge is 2.16. The normalized spacial score (nSPS) is 10.4. The van der Waals surface area contributed by atoms with E-state index in [1.165, 1.54) is 0 Å². The Hall–Kier alpha value is -2.17. The van der Waals surface area contributed by atoms with E-state index in [2.05, 4.69) is 9.97 Å². The van der Waals surface area contributed by atoms with Crippen LogP contribution in [0.2, 0.25) is 0 Å². The van der Waals surface area contributed by atoms with E-state index in [0.717, 1.165) is 5.69 Å². The summed E-state index contributed by atoms with van der Waals surface area (Å²) in [6, 6.07) is 1.73. The molecule has 0 atom stereocenters. The number of carbonyl (C=O) groups is 1. The summed E-state index contributed by atoms with van der Waals surface area (Å²) in [7, 11) is 0. The van der Waals surface area contributed by atoms with Crippen molar-refractivity contribution in [1.29, 1.82) is 0 Å². The Morgan fingerprint density at radius 3 is 2.75 bits per heavy atom. The van der Waals surface area contributed by atoms with Gasteiger partial charge >= 0.3 is 5.97 Å². The number of nitrogens with zero attached hydrogens (tertiary/aromatic N) is 3. The lowest BCUT2D eigenvalue weighted by Crippen LogP contribution is -2.09. The Bertz CT molecular complexity index is 532. The number of imidazole rings is 1. The van der Waals surface area contributed by atoms with Crippen LogP contribution in [0.5, 0.6) is 0 Å². The predicted octanol–water partition coefficient (Wildman–Crippen LogP) is 1.58. The highest BCUT2D eigenvalue weighted by molar-refractivity contribution is 5.93. The average molecular weight is 217 g/mol. The van der Waals surface area contributed by atoms with E-state index in [1.54, 1.807) is 36.3 Å². The van der Waals surface area contributed by atoms with Crippen LogP contribution in [0.3, 0.4) is 0 Å². The van der Waals surface area contributed by atoms with Crippen molar-refractivity contribution in [3.63, 3.8) is 0 Å². The van der Waals surface area contributed by atoms with Crippen molar-refractivity contribution in [3.8, 4) is 5.69 Å². The maximum atomic E-state index is 11.2. The lowest BCUT2D eigenvalue weighted by atomic mass is 10.1. The molecule has 2 rings (SSSR count). The summed E-state index contributed by atoms with van der Waals surface area (Å²) < 4.78 is 1.67. The fourth-order valence-electron chi connectivity index (χ4n) is 1.68. The molecule has 0 unspecified atom stereocenters. The van der Waals surface area contributed by atoms with Crippen molar-refractivity contribution >= 4 is 5.97 Å². The minimum absolute atomic E-state index is 0.212. The zero-order chi connectivity index (χ0) is 11.7. The van der Waals surface area contributed by atoms with Crippen LogP contribution in [0.15, 0.2) is 24.8 Å². The van der Waals surface area contributed by atoms with Gasteiger partial charge in [0.1, 0.15) is 5.56 Å². The van der Waals surface area contributed by atoms with Crippen molar-refractivity contribution in [2.75, 3.05) is 0 Å². The standard InChI is InChI=1S/C11H11N3O2/c1-7-5-9(14-4-3-12-6-14)10(11(15)16)8(2)13-7/h3-6H,1-2H3,(H,15,16). The quantitative estimate of drug-likeness (QED) is 0.829. The first-order chi connectivity index (χ1) is 7.59. The second kappa shape index (κ2) is 3.77. The summed E-state index contributed by atoms with van der Waals surface area (Å²) in [4.78, 5) is 19.2. The van der Waals surface area contributed by atoms with Gasteiger partial charge in [-0.3, -0.25) is 4.98 Å². The van der Waals surface area contributed by atoms with E-state index < -0.39 is 5.97 Å². The van der Waals surface area contributed by atoms with Gasteiger partial charge in [-0.1, -0.05) is 0 Å². The molecule has 0 bridgehead atoms. The Balaban J connectivity index is 2.72. The third kappa shape index (κ3) is 1.67. The van der Waals surface area contributed by atoms with Gasteiger partial charge in [-0.2, -0.15) is 0 Å². The first kappa shape index (κ1) is 10.4. The SMILES string of the molecule is Cc1cc(-n2ccnc2)c(C(=O)O)c(C)n1. The molecule has 5 heteroatoms. The van der Waals surface area contributed by atoms with Gasteiger partial charge in [-0.05, 0) is 19.9 Å². The Labute approximate surface area is 92.4 Å². The summed E-state index contributed by atoms with van der Waals surface area (Å²) >= 11 is 0. The number of aromatic carboxylic acids is 1. The smallest absolute Gasteiger partial charge is 0.339 e. The summed E-state index contributed by atoms with van der Waals surface area (Å²) in [6.45, 7) is 3.52. The van der Waals surface area contributed by atoms with E-state index in [1.807, 2.05) is 6.92 Å². The van der Waals surface area contributed by atoms with Gasteiger partial charge in [0, 0.05) is 18.1 Å². The fraction of sp³-hybridized carbons (Fsp3) is 0.182. The third-order valence-corrected chi connectivity index (χ3v) is 2.30. The number of hydrogen-bond acceptors (Lipinski definition) is 3. The first-order valence-corrected chi connectivity index (χ1v) is 4.79. The summed E-state index contributed by atoms with van der Waals surface area (Å²) in [5, 5.41) is 9.16. The zero-order valence-electron chi connectivity index (χ0n) is 9.01. The maximum absolute atomic E-state index is 11.2. The highest BCUT2D eigenvalue weighted by Crippen LogP contribution is 2.18. The maximum Gasteiger partial charge on any atom is 0.339 e. The van der Waals surface area contributed by atoms with E-state index >= 15 is 0 Å². The molecule has 0 amide bonds. The van der Waals surface area contributed by atoms with Crippen LogP contribution in [-0.2, 0) is 0 Å². The van der Waals surface area contributed by atoms with Crippen molar-refractivity contribution < 1.29 is 9.90 Å². The molecule has 0 aromatic carbocycles. The predicted molar refractivity (Wildman–Crippen MR) is 57.8 cm³/mol. The van der Waals surface area contributed by atoms with Crippen LogP contribution in [0.4, 0.5) is 0 Å². The minimum Gasteiger partial charge on any atom is -0.478 e. The number of rotatable bonds is 2. The molecule has 1 N–H and O–H groups in total. The second-order valence-corrected chi connectivity index (χ2v) is 3.52. The lowest BCUT2D eigenvalue weighted by Gasteiger charge is -2.10. The number of pyridine rings is 1. The van der Waals surface area contributed by atoms with Gasteiger partial charge in [0.25, 0.3) is 0 Å². The summed E-state index contributed by atoms with van der Waals surface area (Å²) in [6.07, 6.45) is 4.89. The van der Waals surface area contributed by atoms with Crippen LogP contribution in [0.1, 0.15) is 21.7 Å². The Morgan fingerprint density at radius 2 is 2.19 bits per heavy atom. The average Bonchev–Trinajstić information content (AvgIpc) is 2.67. The zero-order valence-corrected chi connectivity index (χ0v) is 9.01. The highest BCUT2D eigenvalue weighted by atomic mass is 16.4. The molecule has 0 fully saturated rings. The fourth-order valence-corrected chi connectivity index (χ4v) is 1.68. The molecule has 0 spiro atoms. The van der Waals surface area contributed by atoms with E-state index in [-0.39, 0.29) is 5.56 Å². The second-order valence-electron chi connectivity index (χ2n) is 3.52. The van der Waals surface area contributed by atoms with Gasteiger partial charge in [-0.25, -0.2) is 9.78 Å². The van der Waals surface area contributed by atoms with Gasteiger partial charge in [0.15, 0.2) is 0 Å². The number of aromatic nitrogens is 3. The molecule has 2 aromatic rings. The van der Waals surface area contributed by atoms with Gasteiger partial charge in [0.2, 0.25) is 0 Å². The molecule has 16 heavy (non-hydrogen) atoms. The number of hydrogen-bond donors (Lipinski definition) is 1. The molecule has 82 valence electrons. The largest absolute Gasteiger partial charge is 0.478 e. The molecule has 0 saturated heterocycles. The molecule has 0 radical (unpaired) electrons. The van der Waals surface area contributed by atoms with Crippen molar-refractivity contribution in [1.82, 2.24) is 14.5 Å². The van der Waals surface area contributed by atoms with E-state index in [0.29, 0.717) is 11.4 Å². The number of aryl methyl sites for hydroxylation is 2. The molecule has 5 nitrogen and oxygen atoms in total. The number of carboxylic acid groups (broad SMARTS) is 1. The first-order valence-electron chi connectivity index (χ1n) is 4.79. The lowest BCUT2D eigenvalue weighted by molar-refractivity contribution is 0.0695. The van der Waals surface area contributed by atoms with E-state index in [4.69, 9.17) is 5.11 Å². The van der Waals surface area contributed by atoms with Crippen LogP contribution in [-0.4, -0.2) is 25.6 Å². The summed E-state index contributed by atoms with van der Waals surface area (Å²) in [5.41, 5.74) is 2.10. The number of carboxylic acids is 1. The minimum atomic E-state index is -0.978. The van der Waals surface area contributed by atoms with Crippen LogP contribution in [0.25, 0.3) is 5.69 Å². The van der Waals surface area contributed by atoms with Crippen LogP contribution in [0, 0.1) is 13.8 Å².